The molecule has 1 N–H and O–H groups in total. The van der Waals surface area contributed by atoms with Crippen molar-refractivity contribution in [1.82, 2.24) is 9.78 Å². The number of anilines is 1. The third kappa shape index (κ3) is 3.99. The number of amides is 1. The number of fused-ring (bicyclic) bond motifs is 1. The van der Waals surface area contributed by atoms with E-state index in [-0.39, 0.29) is 18.2 Å². The lowest BCUT2D eigenvalue weighted by atomic mass is 10.1. The zero-order valence-corrected chi connectivity index (χ0v) is 15.2. The summed E-state index contributed by atoms with van der Waals surface area (Å²) in [7, 11) is 0. The molecule has 5 nitrogen and oxygen atoms in total. The summed E-state index contributed by atoms with van der Waals surface area (Å²) in [4.78, 5) is 25.0. The summed E-state index contributed by atoms with van der Waals surface area (Å²) in [6.07, 6.45) is 2.22. The molecule has 28 heavy (non-hydrogen) atoms. The van der Waals surface area contributed by atoms with E-state index in [4.69, 9.17) is 0 Å². The normalized spacial score (nSPS) is 10.7. The number of rotatable bonds is 5. The molecule has 0 bridgehead atoms. The maximum absolute atomic E-state index is 12.7. The molecule has 0 atom stereocenters. The molecule has 0 fully saturated rings. The maximum Gasteiger partial charge on any atom is 0.251 e. The van der Waals surface area contributed by atoms with Crippen LogP contribution in [0.1, 0.15) is 15.9 Å². The maximum atomic E-state index is 12.7. The zero-order valence-electron chi connectivity index (χ0n) is 15.2. The first-order chi connectivity index (χ1) is 13.7. The van der Waals surface area contributed by atoms with E-state index in [0.29, 0.717) is 17.6 Å². The minimum atomic E-state index is -0.117. The Morgan fingerprint density at radius 1 is 0.821 bits per heavy atom. The van der Waals surface area contributed by atoms with Crippen LogP contribution in [-0.2, 0) is 17.6 Å². The third-order valence-corrected chi connectivity index (χ3v) is 4.50. The predicted molar refractivity (Wildman–Crippen MR) is 109 cm³/mol. The van der Waals surface area contributed by atoms with E-state index in [2.05, 4.69) is 10.4 Å². The highest BCUT2D eigenvalue weighted by Gasteiger charge is 2.13. The molecule has 0 saturated heterocycles. The molecule has 0 spiro atoms. The van der Waals surface area contributed by atoms with Gasteiger partial charge in [-0.15, -0.1) is 0 Å². The predicted octanol–water partition coefficient (Wildman–Crippen LogP) is 4.10. The van der Waals surface area contributed by atoms with Crippen LogP contribution < -0.4 is 5.32 Å². The van der Waals surface area contributed by atoms with E-state index in [1.165, 1.54) is 4.68 Å². The first-order valence-electron chi connectivity index (χ1n) is 9.08. The quantitative estimate of drug-likeness (QED) is 0.576. The lowest BCUT2D eigenvalue weighted by molar-refractivity contribution is -0.115. The van der Waals surface area contributed by atoms with Crippen LogP contribution >= 0.6 is 0 Å². The highest BCUT2D eigenvalue weighted by molar-refractivity contribution is 5.97. The molecular formula is C23H19N3O2. The number of nitrogens with one attached hydrogen (secondary N) is 1. The van der Waals surface area contributed by atoms with E-state index >= 15 is 0 Å². The van der Waals surface area contributed by atoms with Crippen LogP contribution in [-0.4, -0.2) is 21.6 Å². The molecule has 0 aliphatic heterocycles. The number of aromatic nitrogens is 2. The van der Waals surface area contributed by atoms with Gasteiger partial charge >= 0.3 is 0 Å². The van der Waals surface area contributed by atoms with Crippen LogP contribution in [0.15, 0.2) is 85.1 Å². The second-order valence-corrected chi connectivity index (χ2v) is 6.60. The van der Waals surface area contributed by atoms with Crippen molar-refractivity contribution < 1.29 is 9.59 Å². The van der Waals surface area contributed by atoms with Gasteiger partial charge < -0.3 is 5.32 Å². The minimum absolute atomic E-state index is 0.104. The Morgan fingerprint density at radius 3 is 2.14 bits per heavy atom. The molecule has 4 rings (SSSR count). The Labute approximate surface area is 162 Å². The monoisotopic (exact) mass is 369 g/mol. The molecule has 1 heterocycles. The molecule has 1 amide bonds. The number of hydrogen-bond donors (Lipinski definition) is 1. The van der Waals surface area contributed by atoms with E-state index in [1.807, 2.05) is 72.8 Å². The van der Waals surface area contributed by atoms with Crippen LogP contribution in [0.2, 0.25) is 0 Å². The first kappa shape index (κ1) is 17.7. The summed E-state index contributed by atoms with van der Waals surface area (Å²) in [6.45, 7) is 0. The fourth-order valence-corrected chi connectivity index (χ4v) is 3.13. The summed E-state index contributed by atoms with van der Waals surface area (Å²) in [5, 5.41) is 7.98. The summed E-state index contributed by atoms with van der Waals surface area (Å²) in [6, 6.07) is 24.6. The van der Waals surface area contributed by atoms with Gasteiger partial charge in [-0.2, -0.15) is 9.78 Å². The second-order valence-electron chi connectivity index (χ2n) is 6.60. The van der Waals surface area contributed by atoms with Crippen LogP contribution in [0.4, 0.5) is 5.69 Å². The van der Waals surface area contributed by atoms with Crippen molar-refractivity contribution in [3.63, 3.8) is 0 Å². The lowest BCUT2D eigenvalue weighted by Crippen LogP contribution is -2.16. The van der Waals surface area contributed by atoms with Gasteiger partial charge in [0.25, 0.3) is 5.91 Å². The topological polar surface area (TPSA) is 64.0 Å². The average Bonchev–Trinajstić information content (AvgIpc) is 3.13. The summed E-state index contributed by atoms with van der Waals surface area (Å²) < 4.78 is 1.40. The Morgan fingerprint density at radius 2 is 1.46 bits per heavy atom. The van der Waals surface area contributed by atoms with Crippen molar-refractivity contribution in [3.05, 3.63) is 96.2 Å². The molecule has 0 aliphatic rings. The van der Waals surface area contributed by atoms with Gasteiger partial charge in [0.2, 0.25) is 5.91 Å². The van der Waals surface area contributed by atoms with E-state index in [1.54, 1.807) is 12.3 Å². The van der Waals surface area contributed by atoms with Crippen LogP contribution in [0, 0.1) is 0 Å². The molecule has 0 unspecified atom stereocenters. The summed E-state index contributed by atoms with van der Waals surface area (Å²) in [5.74, 6) is -0.221. The van der Waals surface area contributed by atoms with E-state index in [9.17, 15) is 9.59 Å². The van der Waals surface area contributed by atoms with Crippen molar-refractivity contribution in [2.75, 3.05) is 5.32 Å². The van der Waals surface area contributed by atoms with Gasteiger partial charge in [0.05, 0.1) is 24.6 Å². The number of benzene rings is 3. The molecular weight excluding hydrogens is 350 g/mol. The standard InChI is InChI=1S/C23H19N3O2/c27-22(13-17-7-3-1-4-8-17)25-20-12-11-19-16-24-26(21(19)15-20)23(28)14-18-9-5-2-6-10-18/h1-12,15-16H,13-14H2,(H,25,27). The smallest absolute Gasteiger partial charge is 0.251 e. The van der Waals surface area contributed by atoms with Crippen molar-refractivity contribution in [2.24, 2.45) is 0 Å². The molecule has 138 valence electrons. The van der Waals surface area contributed by atoms with Crippen LogP contribution in [0.5, 0.6) is 0 Å². The zero-order chi connectivity index (χ0) is 19.3. The molecule has 3 aromatic carbocycles. The van der Waals surface area contributed by atoms with Crippen molar-refractivity contribution >= 4 is 28.4 Å². The second kappa shape index (κ2) is 7.88. The third-order valence-electron chi connectivity index (χ3n) is 4.50. The molecule has 5 heteroatoms. The summed E-state index contributed by atoms with van der Waals surface area (Å²) in [5.41, 5.74) is 3.20. The first-order valence-corrected chi connectivity index (χ1v) is 9.08. The van der Waals surface area contributed by atoms with Gasteiger partial charge in [-0.3, -0.25) is 9.59 Å². The van der Waals surface area contributed by atoms with Gasteiger partial charge in [-0.1, -0.05) is 60.7 Å². The fraction of sp³-hybridized carbons (Fsp3) is 0.0870. The van der Waals surface area contributed by atoms with E-state index < -0.39 is 0 Å². The van der Waals surface area contributed by atoms with E-state index in [0.717, 1.165) is 16.5 Å². The number of carbonyl (C=O) groups excluding carboxylic acids is 2. The van der Waals surface area contributed by atoms with Gasteiger partial charge in [0.1, 0.15) is 0 Å². The Hall–Kier alpha value is -3.73. The van der Waals surface area contributed by atoms with Crippen molar-refractivity contribution in [1.29, 1.82) is 0 Å². The highest BCUT2D eigenvalue weighted by Crippen LogP contribution is 2.20. The molecule has 1 aromatic heterocycles. The number of carbonyl (C=O) groups is 2. The number of nitrogens with zero attached hydrogens (tertiary/aromatic N) is 2. The lowest BCUT2D eigenvalue weighted by Gasteiger charge is -2.07. The average molecular weight is 369 g/mol. The van der Waals surface area contributed by atoms with Gasteiger partial charge in [-0.25, -0.2) is 0 Å². The largest absolute Gasteiger partial charge is 0.326 e. The van der Waals surface area contributed by atoms with Crippen LogP contribution in [0.3, 0.4) is 0 Å². The SMILES string of the molecule is O=C(Cc1ccccc1)Nc1ccc2cnn(C(=O)Cc3ccccc3)c2c1. The number of hydrogen-bond acceptors (Lipinski definition) is 3. The summed E-state index contributed by atoms with van der Waals surface area (Å²) >= 11 is 0. The van der Waals surface area contributed by atoms with Gasteiger partial charge in [0, 0.05) is 11.1 Å². The Bertz CT molecular complexity index is 1120. The van der Waals surface area contributed by atoms with Gasteiger partial charge in [-0.05, 0) is 29.3 Å². The Kier molecular flexibility index (Phi) is 4.97. The minimum Gasteiger partial charge on any atom is -0.326 e. The molecule has 4 aromatic rings. The van der Waals surface area contributed by atoms with Crippen LogP contribution in [0.25, 0.3) is 10.9 Å². The Balaban J connectivity index is 1.52. The fourth-order valence-electron chi connectivity index (χ4n) is 3.13. The van der Waals surface area contributed by atoms with Crippen molar-refractivity contribution in [2.45, 2.75) is 12.8 Å². The van der Waals surface area contributed by atoms with Crippen molar-refractivity contribution in [3.8, 4) is 0 Å². The molecule has 0 saturated carbocycles. The molecule has 0 radical (unpaired) electrons. The highest BCUT2D eigenvalue weighted by atomic mass is 16.2. The van der Waals surface area contributed by atoms with Gasteiger partial charge in [0.15, 0.2) is 0 Å². The molecule has 0 aliphatic carbocycles.